The van der Waals surface area contributed by atoms with Crippen LogP contribution in [-0.2, 0) is 0 Å². The maximum absolute atomic E-state index is 3.55. The minimum Gasteiger partial charge on any atom is -0.315 e. The van der Waals surface area contributed by atoms with E-state index >= 15 is 0 Å². The molecule has 17 heavy (non-hydrogen) atoms. The highest BCUT2D eigenvalue weighted by atomic mass is 15.2. The van der Waals surface area contributed by atoms with E-state index in [9.17, 15) is 0 Å². The Morgan fingerprint density at radius 3 is 2.00 bits per heavy atom. The van der Waals surface area contributed by atoms with E-state index in [0.717, 1.165) is 25.0 Å². The molecule has 0 spiro atoms. The number of hydrogen-bond acceptors (Lipinski definition) is 2. The van der Waals surface area contributed by atoms with Crippen molar-refractivity contribution in [2.45, 2.75) is 72.9 Å². The Morgan fingerprint density at radius 1 is 1.00 bits per heavy atom. The highest BCUT2D eigenvalue weighted by molar-refractivity contribution is 4.77. The molecule has 0 radical (unpaired) electrons. The highest BCUT2D eigenvalue weighted by Gasteiger charge is 2.21. The van der Waals surface area contributed by atoms with Gasteiger partial charge in [-0.15, -0.1) is 0 Å². The van der Waals surface area contributed by atoms with Crippen LogP contribution in [0.15, 0.2) is 0 Å². The summed E-state index contributed by atoms with van der Waals surface area (Å²) in [7, 11) is 0. The van der Waals surface area contributed by atoms with Crippen LogP contribution >= 0.6 is 0 Å². The van der Waals surface area contributed by atoms with E-state index in [1.165, 1.54) is 25.8 Å². The summed E-state index contributed by atoms with van der Waals surface area (Å²) in [6, 6.07) is 1.39. The molecule has 0 saturated heterocycles. The maximum Gasteiger partial charge on any atom is 0.0195 e. The second kappa shape index (κ2) is 9.90. The lowest BCUT2D eigenvalue weighted by Gasteiger charge is -2.37. The smallest absolute Gasteiger partial charge is 0.0195 e. The van der Waals surface area contributed by atoms with Crippen LogP contribution in [0.4, 0.5) is 0 Å². The van der Waals surface area contributed by atoms with Gasteiger partial charge >= 0.3 is 0 Å². The molecule has 0 aliphatic rings. The fourth-order valence-electron chi connectivity index (χ4n) is 2.47. The van der Waals surface area contributed by atoms with Gasteiger partial charge < -0.3 is 5.32 Å². The van der Waals surface area contributed by atoms with Gasteiger partial charge in [0, 0.05) is 25.2 Å². The zero-order chi connectivity index (χ0) is 13.3. The summed E-state index contributed by atoms with van der Waals surface area (Å²) >= 11 is 0. The molecule has 2 nitrogen and oxygen atoms in total. The Kier molecular flexibility index (Phi) is 9.85. The lowest BCUT2D eigenvalue weighted by atomic mass is 10.0. The van der Waals surface area contributed by atoms with Crippen molar-refractivity contribution in [1.29, 1.82) is 0 Å². The fraction of sp³-hybridized carbons (Fsp3) is 1.00. The van der Waals surface area contributed by atoms with Gasteiger partial charge in [0.1, 0.15) is 0 Å². The molecule has 0 rings (SSSR count). The Balaban J connectivity index is 4.32. The van der Waals surface area contributed by atoms with E-state index in [2.05, 4.69) is 51.8 Å². The second-order valence-electron chi connectivity index (χ2n) is 5.61. The molecule has 0 amide bonds. The van der Waals surface area contributed by atoms with Gasteiger partial charge in [-0.2, -0.15) is 0 Å². The quantitative estimate of drug-likeness (QED) is 0.590. The lowest BCUT2D eigenvalue weighted by Crippen LogP contribution is -2.47. The lowest BCUT2D eigenvalue weighted by molar-refractivity contribution is 0.117. The molecule has 0 heterocycles. The Morgan fingerprint density at radius 2 is 1.59 bits per heavy atom. The van der Waals surface area contributed by atoms with Crippen LogP contribution in [0, 0.1) is 5.92 Å². The number of rotatable bonds is 10. The monoisotopic (exact) mass is 242 g/mol. The van der Waals surface area contributed by atoms with Gasteiger partial charge in [0.15, 0.2) is 0 Å². The van der Waals surface area contributed by atoms with Crippen molar-refractivity contribution in [2.75, 3.05) is 19.6 Å². The zero-order valence-electron chi connectivity index (χ0n) is 12.9. The summed E-state index contributed by atoms with van der Waals surface area (Å²) in [6.45, 7) is 17.3. The summed E-state index contributed by atoms with van der Waals surface area (Å²) in [4.78, 5) is 2.70. The van der Waals surface area contributed by atoms with Crippen LogP contribution in [0.3, 0.4) is 0 Å². The van der Waals surface area contributed by atoms with Crippen LogP contribution < -0.4 is 5.32 Å². The van der Waals surface area contributed by atoms with Crippen molar-refractivity contribution in [3.63, 3.8) is 0 Å². The molecule has 104 valence electrons. The van der Waals surface area contributed by atoms with Crippen LogP contribution in [0.1, 0.15) is 60.8 Å². The summed E-state index contributed by atoms with van der Waals surface area (Å²) < 4.78 is 0. The molecule has 1 unspecified atom stereocenters. The predicted molar refractivity (Wildman–Crippen MR) is 78.5 cm³/mol. The average Bonchev–Trinajstić information content (AvgIpc) is 2.29. The number of hydrogen-bond donors (Lipinski definition) is 1. The van der Waals surface area contributed by atoms with Crippen molar-refractivity contribution >= 4 is 0 Å². The largest absolute Gasteiger partial charge is 0.315 e. The van der Waals surface area contributed by atoms with E-state index in [-0.39, 0.29) is 0 Å². The van der Waals surface area contributed by atoms with Gasteiger partial charge in [-0.3, -0.25) is 4.90 Å². The Hall–Kier alpha value is -0.0800. The second-order valence-corrected chi connectivity index (χ2v) is 5.61. The average molecular weight is 242 g/mol. The van der Waals surface area contributed by atoms with Gasteiger partial charge in [0.2, 0.25) is 0 Å². The van der Waals surface area contributed by atoms with Gasteiger partial charge in [-0.05, 0) is 38.6 Å². The highest BCUT2D eigenvalue weighted by Crippen LogP contribution is 2.14. The molecule has 2 heteroatoms. The first-order chi connectivity index (χ1) is 8.06. The Bertz CT molecular complexity index is 164. The van der Waals surface area contributed by atoms with E-state index in [4.69, 9.17) is 0 Å². The molecule has 0 saturated carbocycles. The van der Waals surface area contributed by atoms with Crippen LogP contribution in [0.5, 0.6) is 0 Å². The van der Waals surface area contributed by atoms with Crippen molar-refractivity contribution in [2.24, 2.45) is 5.92 Å². The third-order valence-electron chi connectivity index (χ3n) is 3.42. The molecule has 0 aliphatic carbocycles. The van der Waals surface area contributed by atoms with Gasteiger partial charge in [-0.1, -0.05) is 34.6 Å². The van der Waals surface area contributed by atoms with Crippen molar-refractivity contribution in [3.05, 3.63) is 0 Å². The van der Waals surface area contributed by atoms with E-state index in [0.29, 0.717) is 6.04 Å². The van der Waals surface area contributed by atoms with Crippen molar-refractivity contribution < 1.29 is 0 Å². The molecule has 1 N–H and O–H groups in total. The van der Waals surface area contributed by atoms with Crippen molar-refractivity contribution in [3.8, 4) is 0 Å². The predicted octanol–water partition coefficient (Wildman–Crippen LogP) is 3.52. The molecule has 0 fully saturated rings. The first kappa shape index (κ1) is 16.9. The molecule has 0 aliphatic heterocycles. The van der Waals surface area contributed by atoms with Crippen LogP contribution in [-0.4, -0.2) is 36.6 Å². The molecule has 1 atom stereocenters. The van der Waals surface area contributed by atoms with Crippen LogP contribution in [0.25, 0.3) is 0 Å². The standard InChI is InChI=1S/C15H34N2/c1-7-10-16-11-14(6)17(12-13(4)5)15(8-2)9-3/h13-16H,7-12H2,1-6H3. The normalized spacial score (nSPS) is 13.9. The van der Waals surface area contributed by atoms with Gasteiger partial charge in [0.25, 0.3) is 0 Å². The van der Waals surface area contributed by atoms with E-state index in [1.54, 1.807) is 0 Å². The molecular weight excluding hydrogens is 208 g/mol. The van der Waals surface area contributed by atoms with E-state index < -0.39 is 0 Å². The summed E-state index contributed by atoms with van der Waals surface area (Å²) in [6.07, 6.45) is 3.75. The maximum atomic E-state index is 3.55. The van der Waals surface area contributed by atoms with E-state index in [1.807, 2.05) is 0 Å². The summed E-state index contributed by atoms with van der Waals surface area (Å²) in [5.74, 6) is 0.754. The third-order valence-corrected chi connectivity index (χ3v) is 3.42. The van der Waals surface area contributed by atoms with Crippen molar-refractivity contribution in [1.82, 2.24) is 10.2 Å². The fourth-order valence-corrected chi connectivity index (χ4v) is 2.47. The molecule has 0 aromatic rings. The molecule has 0 bridgehead atoms. The molecule has 0 aromatic heterocycles. The first-order valence-corrected chi connectivity index (χ1v) is 7.53. The topological polar surface area (TPSA) is 15.3 Å². The van der Waals surface area contributed by atoms with Gasteiger partial charge in [0.05, 0.1) is 0 Å². The zero-order valence-corrected chi connectivity index (χ0v) is 12.9. The third kappa shape index (κ3) is 7.05. The first-order valence-electron chi connectivity index (χ1n) is 7.53. The Labute approximate surface area is 109 Å². The van der Waals surface area contributed by atoms with Crippen LogP contribution in [0.2, 0.25) is 0 Å². The SMILES string of the molecule is CCCNCC(C)N(CC(C)C)C(CC)CC. The minimum atomic E-state index is 0.647. The summed E-state index contributed by atoms with van der Waals surface area (Å²) in [5.41, 5.74) is 0. The van der Waals surface area contributed by atoms with Gasteiger partial charge in [-0.25, -0.2) is 0 Å². The minimum absolute atomic E-state index is 0.647. The molecule has 0 aromatic carbocycles. The molecular formula is C15H34N2. The number of nitrogens with one attached hydrogen (secondary N) is 1. The number of nitrogens with zero attached hydrogens (tertiary/aromatic N) is 1. The summed E-state index contributed by atoms with van der Waals surface area (Å²) in [5, 5.41) is 3.55.